The second-order valence-corrected chi connectivity index (χ2v) is 4.51. The van der Waals surface area contributed by atoms with E-state index >= 15 is 0 Å². The summed E-state index contributed by atoms with van der Waals surface area (Å²) in [7, 11) is 1.77. The first-order valence-corrected chi connectivity index (χ1v) is 5.23. The quantitative estimate of drug-likeness (QED) is 0.272. The second kappa shape index (κ2) is 4.99. The highest BCUT2D eigenvalue weighted by Crippen LogP contribution is 2.23. The van der Waals surface area contributed by atoms with Gasteiger partial charge < -0.3 is 5.73 Å². The van der Waals surface area contributed by atoms with Crippen LogP contribution in [0.25, 0.3) is 0 Å². The van der Waals surface area contributed by atoms with Gasteiger partial charge in [-0.2, -0.15) is 0 Å². The number of nitrogens with one attached hydrogen (secondary N) is 1. The number of thioether (sulfide) groups is 1. The maximum absolute atomic E-state index is 11.0. The minimum atomic E-state index is -0.204. The third-order valence-electron chi connectivity index (χ3n) is 1.81. The molecule has 15 heavy (non-hydrogen) atoms. The predicted molar refractivity (Wildman–Crippen MR) is 57.7 cm³/mol. The number of carbonyl (C=O) groups is 1. The van der Waals surface area contributed by atoms with E-state index in [1.807, 2.05) is 6.92 Å². The van der Waals surface area contributed by atoms with Gasteiger partial charge in [0.05, 0.1) is 0 Å². The van der Waals surface area contributed by atoms with E-state index in [-0.39, 0.29) is 11.2 Å². The second-order valence-electron chi connectivity index (χ2n) is 3.10. The molecular weight excluding hydrogens is 216 g/mol. The van der Waals surface area contributed by atoms with Gasteiger partial charge in [-0.25, -0.2) is 5.84 Å². The molecule has 0 aromatic carbocycles. The molecular formula is C7H14N6OS. The van der Waals surface area contributed by atoms with Crippen molar-refractivity contribution in [1.82, 2.24) is 20.2 Å². The number of anilines is 1. The van der Waals surface area contributed by atoms with E-state index in [1.54, 1.807) is 11.6 Å². The number of nitrogens with two attached hydrogens (primary N) is 2. The molecule has 0 aliphatic rings. The first-order chi connectivity index (χ1) is 7.04. The van der Waals surface area contributed by atoms with E-state index in [2.05, 4.69) is 15.6 Å². The zero-order valence-corrected chi connectivity index (χ0v) is 9.41. The number of nitrogens with zero attached hydrogens (tertiary/aromatic N) is 3. The molecule has 0 fully saturated rings. The standard InChI is InChI=1S/C7H14N6OS/c1-4(3-5(14)10-9)15-7-12-11-6(8)13(7)2/h4H,3,9H2,1-2H3,(H2,8,11)(H,10,14). The van der Waals surface area contributed by atoms with Gasteiger partial charge in [-0.1, -0.05) is 18.7 Å². The van der Waals surface area contributed by atoms with Crippen LogP contribution in [0, 0.1) is 0 Å². The highest BCUT2D eigenvalue weighted by Gasteiger charge is 2.13. The van der Waals surface area contributed by atoms with E-state index in [0.717, 1.165) is 0 Å². The molecule has 1 unspecified atom stereocenters. The van der Waals surface area contributed by atoms with Crippen LogP contribution < -0.4 is 17.0 Å². The molecule has 1 aromatic rings. The Labute approximate surface area is 91.6 Å². The number of nitrogen functional groups attached to an aromatic ring is 1. The van der Waals surface area contributed by atoms with Crippen molar-refractivity contribution in [2.24, 2.45) is 12.9 Å². The summed E-state index contributed by atoms with van der Waals surface area (Å²) >= 11 is 1.43. The van der Waals surface area contributed by atoms with Crippen LogP contribution in [-0.2, 0) is 11.8 Å². The van der Waals surface area contributed by atoms with Crippen LogP contribution in [-0.4, -0.2) is 25.9 Å². The van der Waals surface area contributed by atoms with Crippen LogP contribution in [0.4, 0.5) is 5.95 Å². The Morgan fingerprint density at radius 2 is 2.33 bits per heavy atom. The summed E-state index contributed by atoms with van der Waals surface area (Å²) in [6, 6.07) is 0. The molecule has 0 saturated heterocycles. The zero-order chi connectivity index (χ0) is 11.4. The maximum Gasteiger partial charge on any atom is 0.234 e. The van der Waals surface area contributed by atoms with Gasteiger partial charge in [0.2, 0.25) is 11.9 Å². The van der Waals surface area contributed by atoms with Gasteiger partial charge in [-0.15, -0.1) is 10.2 Å². The Morgan fingerprint density at radius 1 is 1.67 bits per heavy atom. The summed E-state index contributed by atoms with van der Waals surface area (Å²) in [6.07, 6.45) is 0.327. The Morgan fingerprint density at radius 3 is 2.80 bits per heavy atom. The maximum atomic E-state index is 11.0. The fourth-order valence-corrected chi connectivity index (χ4v) is 1.90. The fraction of sp³-hybridized carbons (Fsp3) is 0.571. The molecule has 0 aliphatic heterocycles. The molecule has 1 heterocycles. The topological polar surface area (TPSA) is 112 Å². The number of rotatable bonds is 4. The van der Waals surface area contributed by atoms with Crippen molar-refractivity contribution in [3.63, 3.8) is 0 Å². The Balaban J connectivity index is 2.55. The molecule has 0 spiro atoms. The predicted octanol–water partition coefficient (Wildman–Crippen LogP) is -0.742. The normalized spacial score (nSPS) is 12.5. The molecule has 0 saturated carbocycles. The number of hydrazine groups is 1. The Hall–Kier alpha value is -1.28. The Kier molecular flexibility index (Phi) is 3.92. The number of amides is 1. The van der Waals surface area contributed by atoms with Gasteiger partial charge >= 0.3 is 0 Å². The smallest absolute Gasteiger partial charge is 0.234 e. The average Bonchev–Trinajstić information content (AvgIpc) is 2.49. The molecule has 1 rings (SSSR count). The van der Waals surface area contributed by atoms with Gasteiger partial charge in [-0.3, -0.25) is 14.8 Å². The minimum absolute atomic E-state index is 0.0656. The van der Waals surface area contributed by atoms with Crippen molar-refractivity contribution in [3.8, 4) is 0 Å². The van der Waals surface area contributed by atoms with Crippen LogP contribution in [0.3, 0.4) is 0 Å². The van der Waals surface area contributed by atoms with E-state index in [4.69, 9.17) is 11.6 Å². The van der Waals surface area contributed by atoms with Crippen molar-refractivity contribution in [2.75, 3.05) is 5.73 Å². The fourth-order valence-electron chi connectivity index (χ4n) is 0.970. The van der Waals surface area contributed by atoms with Crippen LogP contribution in [0.15, 0.2) is 5.16 Å². The molecule has 84 valence electrons. The molecule has 0 aliphatic carbocycles. The lowest BCUT2D eigenvalue weighted by molar-refractivity contribution is -0.121. The van der Waals surface area contributed by atoms with Gasteiger partial charge in [0.15, 0.2) is 5.16 Å². The van der Waals surface area contributed by atoms with E-state index < -0.39 is 0 Å². The molecule has 8 heteroatoms. The first kappa shape index (κ1) is 11.8. The molecule has 1 aromatic heterocycles. The summed E-state index contributed by atoms with van der Waals surface area (Å²) in [5, 5.41) is 8.34. The number of hydrogen-bond donors (Lipinski definition) is 3. The highest BCUT2D eigenvalue weighted by molar-refractivity contribution is 7.99. The van der Waals surface area contributed by atoms with Crippen LogP contribution in [0.1, 0.15) is 13.3 Å². The first-order valence-electron chi connectivity index (χ1n) is 4.35. The third kappa shape index (κ3) is 3.10. The molecule has 1 atom stereocenters. The molecule has 0 bridgehead atoms. The van der Waals surface area contributed by atoms with Crippen LogP contribution in [0.2, 0.25) is 0 Å². The molecule has 5 N–H and O–H groups in total. The van der Waals surface area contributed by atoms with Crippen molar-refractivity contribution >= 4 is 23.6 Å². The van der Waals surface area contributed by atoms with Gasteiger partial charge in [0.1, 0.15) is 0 Å². The molecule has 1 amide bonds. The van der Waals surface area contributed by atoms with Gasteiger partial charge in [-0.05, 0) is 0 Å². The monoisotopic (exact) mass is 230 g/mol. The third-order valence-corrected chi connectivity index (χ3v) is 2.94. The minimum Gasteiger partial charge on any atom is -0.368 e. The summed E-state index contributed by atoms with van der Waals surface area (Å²) < 4.78 is 1.67. The van der Waals surface area contributed by atoms with E-state index in [1.165, 1.54) is 11.8 Å². The summed E-state index contributed by atoms with van der Waals surface area (Å²) in [4.78, 5) is 11.0. The summed E-state index contributed by atoms with van der Waals surface area (Å²) in [5.41, 5.74) is 7.60. The van der Waals surface area contributed by atoms with Gasteiger partial charge in [0, 0.05) is 18.7 Å². The van der Waals surface area contributed by atoms with Crippen molar-refractivity contribution in [3.05, 3.63) is 0 Å². The number of carbonyl (C=O) groups excluding carboxylic acids is 1. The zero-order valence-electron chi connectivity index (χ0n) is 8.60. The summed E-state index contributed by atoms with van der Waals surface area (Å²) in [5.74, 6) is 5.14. The lowest BCUT2D eigenvalue weighted by Crippen LogP contribution is -2.31. The lowest BCUT2D eigenvalue weighted by atomic mass is 10.3. The molecule has 7 nitrogen and oxygen atoms in total. The van der Waals surface area contributed by atoms with Crippen molar-refractivity contribution in [2.45, 2.75) is 23.8 Å². The molecule has 0 radical (unpaired) electrons. The summed E-state index contributed by atoms with van der Waals surface area (Å²) in [6.45, 7) is 1.91. The highest BCUT2D eigenvalue weighted by atomic mass is 32.2. The average molecular weight is 230 g/mol. The van der Waals surface area contributed by atoms with E-state index in [0.29, 0.717) is 17.5 Å². The van der Waals surface area contributed by atoms with Crippen LogP contribution >= 0.6 is 11.8 Å². The Bertz CT molecular complexity index is 351. The largest absolute Gasteiger partial charge is 0.368 e. The van der Waals surface area contributed by atoms with Crippen LogP contribution in [0.5, 0.6) is 0 Å². The van der Waals surface area contributed by atoms with Crippen molar-refractivity contribution < 1.29 is 4.79 Å². The number of aromatic nitrogens is 3. The number of hydrogen-bond acceptors (Lipinski definition) is 6. The van der Waals surface area contributed by atoms with Crippen molar-refractivity contribution in [1.29, 1.82) is 0 Å². The van der Waals surface area contributed by atoms with E-state index in [9.17, 15) is 4.79 Å². The SMILES string of the molecule is CC(CC(=O)NN)Sc1nnc(N)n1C. The van der Waals surface area contributed by atoms with Gasteiger partial charge in [0.25, 0.3) is 0 Å². The lowest BCUT2D eigenvalue weighted by Gasteiger charge is -2.08.